The van der Waals surface area contributed by atoms with E-state index < -0.39 is 15.9 Å². The van der Waals surface area contributed by atoms with Crippen molar-refractivity contribution >= 4 is 21.5 Å². The standard InChI is InChI=1S/C23H25N3O3S/c1-25-13-10-20(11-14-25)18-4-2-17(3-5-18)19-6-8-22(9-7-19)30(28,29)26-15-12-21(16-26)23(24)27/h2-10,12H,11,13-16H2,1H3,(H2,24,27). The zero-order valence-corrected chi connectivity index (χ0v) is 17.7. The first-order valence-corrected chi connectivity index (χ1v) is 11.4. The van der Waals surface area contributed by atoms with Gasteiger partial charge in [-0.2, -0.15) is 4.31 Å². The molecule has 0 spiro atoms. The molecule has 2 aromatic carbocycles. The van der Waals surface area contributed by atoms with Gasteiger partial charge in [-0.15, -0.1) is 0 Å². The number of carbonyl (C=O) groups is 1. The van der Waals surface area contributed by atoms with Gasteiger partial charge < -0.3 is 10.6 Å². The van der Waals surface area contributed by atoms with Crippen molar-refractivity contribution < 1.29 is 13.2 Å². The van der Waals surface area contributed by atoms with Gasteiger partial charge in [-0.25, -0.2) is 8.42 Å². The highest BCUT2D eigenvalue weighted by Gasteiger charge is 2.29. The van der Waals surface area contributed by atoms with Crippen molar-refractivity contribution in [2.45, 2.75) is 11.3 Å². The van der Waals surface area contributed by atoms with E-state index in [-0.39, 0.29) is 18.0 Å². The van der Waals surface area contributed by atoms with Gasteiger partial charge in [0.1, 0.15) is 0 Å². The van der Waals surface area contributed by atoms with Crippen LogP contribution in [0.15, 0.2) is 71.2 Å². The number of amides is 1. The fourth-order valence-corrected chi connectivity index (χ4v) is 5.13. The molecule has 156 valence electrons. The van der Waals surface area contributed by atoms with Crippen LogP contribution in [-0.4, -0.2) is 56.8 Å². The zero-order valence-electron chi connectivity index (χ0n) is 16.9. The van der Waals surface area contributed by atoms with Crippen molar-refractivity contribution in [1.82, 2.24) is 9.21 Å². The number of rotatable bonds is 5. The first-order chi connectivity index (χ1) is 14.3. The maximum absolute atomic E-state index is 12.8. The largest absolute Gasteiger partial charge is 0.366 e. The topological polar surface area (TPSA) is 83.7 Å². The SMILES string of the molecule is CN1CC=C(c2ccc(-c3ccc(S(=O)(=O)N4CC=C(C(N)=O)C4)cc3)cc2)CC1. The monoisotopic (exact) mass is 423 g/mol. The average Bonchev–Trinajstić information content (AvgIpc) is 3.26. The summed E-state index contributed by atoms with van der Waals surface area (Å²) in [5, 5.41) is 0. The molecule has 1 amide bonds. The molecule has 0 aliphatic carbocycles. The molecule has 6 nitrogen and oxygen atoms in total. The van der Waals surface area contributed by atoms with Crippen molar-refractivity contribution in [3.63, 3.8) is 0 Å². The smallest absolute Gasteiger partial charge is 0.245 e. The van der Waals surface area contributed by atoms with Crippen LogP contribution in [-0.2, 0) is 14.8 Å². The molecule has 2 aromatic rings. The van der Waals surface area contributed by atoms with E-state index in [1.807, 2.05) is 12.1 Å². The highest BCUT2D eigenvalue weighted by Crippen LogP contribution is 2.27. The summed E-state index contributed by atoms with van der Waals surface area (Å²) >= 11 is 0. The lowest BCUT2D eigenvalue weighted by Gasteiger charge is -2.22. The van der Waals surface area contributed by atoms with E-state index >= 15 is 0 Å². The van der Waals surface area contributed by atoms with Crippen LogP contribution in [0.1, 0.15) is 12.0 Å². The number of likely N-dealkylation sites (N-methyl/N-ethyl adjacent to an activating group) is 1. The molecule has 2 heterocycles. The van der Waals surface area contributed by atoms with Crippen LogP contribution in [0.4, 0.5) is 0 Å². The summed E-state index contributed by atoms with van der Waals surface area (Å²) < 4.78 is 26.9. The van der Waals surface area contributed by atoms with E-state index in [1.165, 1.54) is 15.4 Å². The van der Waals surface area contributed by atoms with Crippen LogP contribution < -0.4 is 5.73 Å². The maximum Gasteiger partial charge on any atom is 0.245 e. The Balaban J connectivity index is 1.49. The van der Waals surface area contributed by atoms with Gasteiger partial charge >= 0.3 is 0 Å². The number of hydrogen-bond donors (Lipinski definition) is 1. The third-order valence-corrected chi connectivity index (χ3v) is 7.52. The summed E-state index contributed by atoms with van der Waals surface area (Å²) in [5.41, 5.74) is 10.2. The first kappa shape index (κ1) is 20.5. The highest BCUT2D eigenvalue weighted by molar-refractivity contribution is 7.89. The molecule has 0 fully saturated rings. The second kappa shape index (κ2) is 8.18. The Morgan fingerprint density at radius 3 is 2.03 bits per heavy atom. The summed E-state index contributed by atoms with van der Waals surface area (Å²) in [6, 6.07) is 15.2. The van der Waals surface area contributed by atoms with Crippen molar-refractivity contribution in [1.29, 1.82) is 0 Å². The molecule has 4 rings (SSSR count). The van der Waals surface area contributed by atoms with E-state index in [1.54, 1.807) is 18.2 Å². The number of carbonyl (C=O) groups excluding carboxylic acids is 1. The van der Waals surface area contributed by atoms with Crippen molar-refractivity contribution in [2.75, 3.05) is 33.2 Å². The lowest BCUT2D eigenvalue weighted by atomic mass is 9.97. The number of nitrogens with two attached hydrogens (primary N) is 1. The number of sulfonamides is 1. The second-order valence-corrected chi connectivity index (χ2v) is 9.67. The van der Waals surface area contributed by atoms with Crippen LogP contribution in [0, 0.1) is 0 Å². The number of primary amides is 1. The molecule has 0 aromatic heterocycles. The Morgan fingerprint density at radius 2 is 1.50 bits per heavy atom. The molecule has 0 unspecified atom stereocenters. The summed E-state index contributed by atoms with van der Waals surface area (Å²) in [6.07, 6.45) is 4.88. The maximum atomic E-state index is 12.8. The van der Waals surface area contributed by atoms with E-state index in [0.717, 1.165) is 30.6 Å². The molecular weight excluding hydrogens is 398 g/mol. The van der Waals surface area contributed by atoms with Gasteiger partial charge in [-0.3, -0.25) is 4.79 Å². The Morgan fingerprint density at radius 1 is 0.900 bits per heavy atom. The third-order valence-electron chi connectivity index (χ3n) is 5.70. The number of nitrogens with zero attached hydrogens (tertiary/aromatic N) is 2. The van der Waals surface area contributed by atoms with Gasteiger partial charge in [0.25, 0.3) is 0 Å². The molecule has 0 saturated carbocycles. The molecule has 2 aliphatic rings. The van der Waals surface area contributed by atoms with E-state index in [4.69, 9.17) is 5.73 Å². The number of benzene rings is 2. The molecule has 0 radical (unpaired) electrons. The Bertz CT molecular complexity index is 1120. The molecule has 0 atom stereocenters. The van der Waals surface area contributed by atoms with Crippen LogP contribution >= 0.6 is 0 Å². The minimum absolute atomic E-state index is 0.0204. The van der Waals surface area contributed by atoms with Crippen molar-refractivity contribution in [2.24, 2.45) is 5.73 Å². The lowest BCUT2D eigenvalue weighted by Crippen LogP contribution is -2.30. The van der Waals surface area contributed by atoms with Gasteiger partial charge in [-0.05, 0) is 47.9 Å². The third kappa shape index (κ3) is 4.09. The van der Waals surface area contributed by atoms with Gasteiger partial charge in [0.05, 0.1) is 4.90 Å². The quantitative estimate of drug-likeness (QED) is 0.801. The summed E-state index contributed by atoms with van der Waals surface area (Å²) in [6.45, 7) is 2.22. The van der Waals surface area contributed by atoms with Crippen molar-refractivity contribution in [3.05, 3.63) is 71.8 Å². The van der Waals surface area contributed by atoms with Crippen LogP contribution in [0.25, 0.3) is 16.7 Å². The van der Waals surface area contributed by atoms with Crippen LogP contribution in [0.5, 0.6) is 0 Å². The average molecular weight is 424 g/mol. The predicted octanol–water partition coefficient (Wildman–Crippen LogP) is 2.49. The Kier molecular flexibility index (Phi) is 5.60. The van der Waals surface area contributed by atoms with E-state index in [2.05, 4.69) is 42.3 Å². The highest BCUT2D eigenvalue weighted by atomic mass is 32.2. The molecule has 30 heavy (non-hydrogen) atoms. The fraction of sp³-hybridized carbons (Fsp3) is 0.261. The van der Waals surface area contributed by atoms with Crippen molar-refractivity contribution in [3.8, 4) is 11.1 Å². The van der Waals surface area contributed by atoms with Crippen LogP contribution in [0.3, 0.4) is 0 Å². The zero-order chi connectivity index (χ0) is 21.3. The molecule has 0 saturated heterocycles. The first-order valence-electron chi connectivity index (χ1n) is 9.92. The van der Waals surface area contributed by atoms with Gasteiger partial charge in [0.15, 0.2) is 0 Å². The molecular formula is C23H25N3O3S. The molecule has 2 N–H and O–H groups in total. The Hall–Kier alpha value is -2.74. The summed E-state index contributed by atoms with van der Waals surface area (Å²) in [4.78, 5) is 13.8. The number of hydrogen-bond acceptors (Lipinski definition) is 4. The normalized spacial score (nSPS) is 18.2. The van der Waals surface area contributed by atoms with Gasteiger partial charge in [0, 0.05) is 31.8 Å². The molecule has 2 aliphatic heterocycles. The predicted molar refractivity (Wildman–Crippen MR) is 118 cm³/mol. The minimum atomic E-state index is -3.67. The lowest BCUT2D eigenvalue weighted by molar-refractivity contribution is -0.114. The van der Waals surface area contributed by atoms with E-state index in [0.29, 0.717) is 5.57 Å². The molecule has 0 bridgehead atoms. The summed E-state index contributed by atoms with van der Waals surface area (Å²) in [7, 11) is -1.55. The second-order valence-electron chi connectivity index (χ2n) is 7.73. The van der Waals surface area contributed by atoms with E-state index in [9.17, 15) is 13.2 Å². The summed E-state index contributed by atoms with van der Waals surface area (Å²) in [5.74, 6) is -0.581. The fourth-order valence-electron chi connectivity index (χ4n) is 3.77. The van der Waals surface area contributed by atoms with Gasteiger partial charge in [-0.1, -0.05) is 48.6 Å². The minimum Gasteiger partial charge on any atom is -0.366 e. The Labute approximate surface area is 177 Å². The van der Waals surface area contributed by atoms with Crippen LogP contribution in [0.2, 0.25) is 0 Å². The molecule has 7 heteroatoms. The van der Waals surface area contributed by atoms with Gasteiger partial charge in [0.2, 0.25) is 15.9 Å².